The van der Waals surface area contributed by atoms with Crippen LogP contribution < -0.4 is 9.47 Å². The van der Waals surface area contributed by atoms with E-state index in [1.54, 1.807) is 0 Å². The number of benzene rings is 1. The van der Waals surface area contributed by atoms with Crippen molar-refractivity contribution in [2.24, 2.45) is 0 Å². The number of aryl methyl sites for hydroxylation is 1. The number of hydrogen-bond donors (Lipinski definition) is 1. The Bertz CT molecular complexity index is 656. The molecule has 0 saturated heterocycles. The highest BCUT2D eigenvalue weighted by atomic mass is 16.5. The van der Waals surface area contributed by atoms with E-state index in [2.05, 4.69) is 5.16 Å². The Balaban J connectivity index is 1.63. The van der Waals surface area contributed by atoms with Crippen molar-refractivity contribution in [3.05, 3.63) is 41.3 Å². The molecule has 6 nitrogen and oxygen atoms in total. The van der Waals surface area contributed by atoms with Crippen molar-refractivity contribution in [2.75, 3.05) is 26.8 Å². The van der Waals surface area contributed by atoms with E-state index < -0.39 is 6.10 Å². The summed E-state index contributed by atoms with van der Waals surface area (Å²) >= 11 is 0. The highest BCUT2D eigenvalue weighted by molar-refractivity contribution is 5.44. The average Bonchev–Trinajstić information content (AvgIpc) is 2.79. The summed E-state index contributed by atoms with van der Waals surface area (Å²) in [6, 6.07) is 7.50. The van der Waals surface area contributed by atoms with Crippen LogP contribution in [0.15, 0.2) is 28.8 Å². The number of nitrogens with zero attached hydrogens (tertiary/aromatic N) is 2. The monoisotopic (exact) mass is 318 g/mol. The molecule has 1 aliphatic rings. The van der Waals surface area contributed by atoms with Crippen molar-refractivity contribution in [2.45, 2.75) is 26.0 Å². The van der Waals surface area contributed by atoms with Crippen LogP contribution >= 0.6 is 0 Å². The van der Waals surface area contributed by atoms with E-state index in [0.717, 1.165) is 29.2 Å². The first-order valence-electron chi connectivity index (χ1n) is 7.80. The molecule has 0 fully saturated rings. The smallest absolute Gasteiger partial charge is 0.161 e. The van der Waals surface area contributed by atoms with E-state index in [1.807, 2.05) is 43.1 Å². The number of ether oxygens (including phenoxy) is 2. The summed E-state index contributed by atoms with van der Waals surface area (Å²) < 4.78 is 16.3. The Morgan fingerprint density at radius 1 is 1.22 bits per heavy atom. The number of rotatable bonds is 5. The van der Waals surface area contributed by atoms with Crippen LogP contribution in [0, 0.1) is 6.92 Å². The molecular formula is C17H22N2O4. The number of likely N-dealkylation sites (N-methyl/N-ethyl adjacent to an activating group) is 1. The average molecular weight is 318 g/mol. The van der Waals surface area contributed by atoms with Gasteiger partial charge in [-0.25, -0.2) is 0 Å². The molecule has 0 amide bonds. The fourth-order valence-electron chi connectivity index (χ4n) is 2.62. The molecule has 1 aromatic carbocycles. The zero-order valence-electron chi connectivity index (χ0n) is 13.5. The Kier molecular flexibility index (Phi) is 4.83. The Morgan fingerprint density at radius 3 is 2.74 bits per heavy atom. The summed E-state index contributed by atoms with van der Waals surface area (Å²) in [5.41, 5.74) is 1.67. The third-order valence-corrected chi connectivity index (χ3v) is 3.75. The zero-order chi connectivity index (χ0) is 16.2. The van der Waals surface area contributed by atoms with Crippen LogP contribution in [0.2, 0.25) is 0 Å². The lowest BCUT2D eigenvalue weighted by atomic mass is 10.1. The van der Waals surface area contributed by atoms with Crippen molar-refractivity contribution >= 4 is 0 Å². The van der Waals surface area contributed by atoms with Gasteiger partial charge in [-0.1, -0.05) is 11.2 Å². The van der Waals surface area contributed by atoms with Crippen LogP contribution in [0.1, 0.15) is 29.5 Å². The van der Waals surface area contributed by atoms with Gasteiger partial charge in [0.15, 0.2) is 11.5 Å². The molecule has 3 rings (SSSR count). The van der Waals surface area contributed by atoms with Crippen molar-refractivity contribution in [3.63, 3.8) is 0 Å². The maximum atomic E-state index is 10.5. The van der Waals surface area contributed by atoms with Gasteiger partial charge in [-0.2, -0.15) is 0 Å². The first-order chi connectivity index (χ1) is 11.1. The van der Waals surface area contributed by atoms with Gasteiger partial charge in [0.25, 0.3) is 0 Å². The summed E-state index contributed by atoms with van der Waals surface area (Å²) in [7, 11) is 1.94. The van der Waals surface area contributed by atoms with Gasteiger partial charge in [0.1, 0.15) is 5.76 Å². The maximum Gasteiger partial charge on any atom is 0.161 e. The van der Waals surface area contributed by atoms with Crippen LogP contribution in [0.5, 0.6) is 11.5 Å². The van der Waals surface area contributed by atoms with E-state index in [-0.39, 0.29) is 0 Å². The van der Waals surface area contributed by atoms with Gasteiger partial charge < -0.3 is 19.1 Å². The molecule has 2 heterocycles. The van der Waals surface area contributed by atoms with Gasteiger partial charge in [-0.15, -0.1) is 0 Å². The molecule has 1 atom stereocenters. The lowest BCUT2D eigenvalue weighted by molar-refractivity contribution is 0.122. The van der Waals surface area contributed by atoms with Gasteiger partial charge in [-0.3, -0.25) is 4.90 Å². The van der Waals surface area contributed by atoms with E-state index in [4.69, 9.17) is 14.0 Å². The molecule has 1 unspecified atom stereocenters. The van der Waals surface area contributed by atoms with Crippen molar-refractivity contribution in [1.29, 1.82) is 0 Å². The standard InChI is InChI=1S/C17H22N2O4/c1-12-8-14(18-23-12)10-19(2)11-15(20)13-4-5-16-17(9-13)22-7-3-6-21-16/h4-5,8-9,15,20H,3,6-7,10-11H2,1-2H3. The Hall–Kier alpha value is -2.05. The third-order valence-electron chi connectivity index (χ3n) is 3.75. The number of hydrogen-bond acceptors (Lipinski definition) is 6. The van der Waals surface area contributed by atoms with Gasteiger partial charge >= 0.3 is 0 Å². The van der Waals surface area contributed by atoms with Crippen LogP contribution in [0.25, 0.3) is 0 Å². The van der Waals surface area contributed by atoms with E-state index in [9.17, 15) is 5.11 Å². The van der Waals surface area contributed by atoms with Crippen molar-refractivity contribution < 1.29 is 19.1 Å². The molecule has 0 spiro atoms. The Labute approximate surface area is 135 Å². The summed E-state index contributed by atoms with van der Waals surface area (Å²) in [4.78, 5) is 2.00. The quantitative estimate of drug-likeness (QED) is 0.912. The van der Waals surface area contributed by atoms with E-state index in [1.165, 1.54) is 0 Å². The molecule has 0 bridgehead atoms. The lowest BCUT2D eigenvalue weighted by Gasteiger charge is -2.20. The maximum absolute atomic E-state index is 10.5. The summed E-state index contributed by atoms with van der Waals surface area (Å²) in [6.45, 7) is 4.28. The van der Waals surface area contributed by atoms with Gasteiger partial charge in [-0.05, 0) is 31.7 Å². The fraction of sp³-hybridized carbons (Fsp3) is 0.471. The van der Waals surface area contributed by atoms with Crippen LogP contribution in [-0.2, 0) is 6.54 Å². The molecular weight excluding hydrogens is 296 g/mol. The van der Waals surface area contributed by atoms with Crippen LogP contribution in [-0.4, -0.2) is 42.0 Å². The topological polar surface area (TPSA) is 68.0 Å². The van der Waals surface area contributed by atoms with Gasteiger partial charge in [0.05, 0.1) is 25.0 Å². The molecule has 2 aromatic rings. The molecule has 23 heavy (non-hydrogen) atoms. The molecule has 0 aliphatic carbocycles. The molecule has 0 radical (unpaired) electrons. The highest BCUT2D eigenvalue weighted by Gasteiger charge is 2.16. The molecule has 0 saturated carbocycles. The van der Waals surface area contributed by atoms with E-state index in [0.29, 0.717) is 32.1 Å². The second kappa shape index (κ2) is 7.02. The highest BCUT2D eigenvalue weighted by Crippen LogP contribution is 2.32. The first kappa shape index (κ1) is 15.8. The molecule has 6 heteroatoms. The minimum Gasteiger partial charge on any atom is -0.490 e. The number of aliphatic hydroxyl groups excluding tert-OH is 1. The summed E-state index contributed by atoms with van der Waals surface area (Å²) in [5, 5.41) is 14.4. The van der Waals surface area contributed by atoms with Gasteiger partial charge in [0.2, 0.25) is 0 Å². The number of aliphatic hydroxyl groups is 1. The number of aromatic nitrogens is 1. The zero-order valence-corrected chi connectivity index (χ0v) is 13.5. The van der Waals surface area contributed by atoms with Crippen LogP contribution in [0.4, 0.5) is 0 Å². The second-order valence-electron chi connectivity index (χ2n) is 5.90. The third kappa shape index (κ3) is 4.03. The SMILES string of the molecule is Cc1cc(CN(C)CC(O)c2ccc3c(c2)OCCCO3)no1. The normalized spacial score (nSPS) is 15.5. The van der Waals surface area contributed by atoms with E-state index >= 15 is 0 Å². The van der Waals surface area contributed by atoms with Crippen molar-refractivity contribution in [3.8, 4) is 11.5 Å². The second-order valence-corrected chi connectivity index (χ2v) is 5.90. The lowest BCUT2D eigenvalue weighted by Crippen LogP contribution is -2.24. The summed E-state index contributed by atoms with van der Waals surface area (Å²) in [6.07, 6.45) is 0.261. The predicted molar refractivity (Wildman–Crippen MR) is 84.6 cm³/mol. The van der Waals surface area contributed by atoms with Crippen LogP contribution in [0.3, 0.4) is 0 Å². The predicted octanol–water partition coefficient (Wildman–Crippen LogP) is 2.31. The van der Waals surface area contributed by atoms with Crippen molar-refractivity contribution in [1.82, 2.24) is 10.1 Å². The molecule has 1 N–H and O–H groups in total. The minimum atomic E-state index is -0.606. The number of fused-ring (bicyclic) bond motifs is 1. The molecule has 124 valence electrons. The fourth-order valence-corrected chi connectivity index (χ4v) is 2.62. The minimum absolute atomic E-state index is 0.492. The Morgan fingerprint density at radius 2 is 2.00 bits per heavy atom. The largest absolute Gasteiger partial charge is 0.490 e. The molecule has 1 aliphatic heterocycles. The summed E-state index contributed by atoms with van der Waals surface area (Å²) in [5.74, 6) is 2.23. The molecule has 1 aromatic heterocycles. The first-order valence-corrected chi connectivity index (χ1v) is 7.80. The van der Waals surface area contributed by atoms with Gasteiger partial charge in [0, 0.05) is 25.6 Å².